The van der Waals surface area contributed by atoms with Crippen molar-refractivity contribution < 1.29 is 22.8 Å². The van der Waals surface area contributed by atoms with Crippen molar-refractivity contribution in [3.05, 3.63) is 48.4 Å². The molecule has 5 rings (SSSR count). The summed E-state index contributed by atoms with van der Waals surface area (Å²) in [6.07, 6.45) is 4.02. The van der Waals surface area contributed by atoms with Gasteiger partial charge in [0.2, 0.25) is 0 Å². The van der Waals surface area contributed by atoms with Crippen LogP contribution in [0.25, 0.3) is 11.0 Å². The van der Waals surface area contributed by atoms with Gasteiger partial charge in [-0.25, -0.2) is 9.97 Å². The van der Waals surface area contributed by atoms with E-state index in [2.05, 4.69) is 15.3 Å². The fourth-order valence-corrected chi connectivity index (χ4v) is 5.36. The first-order valence-corrected chi connectivity index (χ1v) is 11.9. The molecule has 32 heavy (non-hydrogen) atoms. The highest BCUT2D eigenvalue weighted by Crippen LogP contribution is 2.38. The molecule has 0 bridgehead atoms. The summed E-state index contributed by atoms with van der Waals surface area (Å²) < 4.78 is 40.9. The van der Waals surface area contributed by atoms with Gasteiger partial charge in [0, 0.05) is 31.3 Å². The maximum absolute atomic E-state index is 11.5. The first-order chi connectivity index (χ1) is 15.3. The summed E-state index contributed by atoms with van der Waals surface area (Å²) in [5.74, 6) is 1.58. The minimum atomic E-state index is -4.38. The average Bonchev–Trinajstić information content (AvgIpc) is 3.37. The predicted molar refractivity (Wildman–Crippen MR) is 118 cm³/mol. The molecule has 0 spiro atoms. The number of aliphatic hydroxyl groups is 1. The minimum absolute atomic E-state index is 0.0579. The molecule has 3 N–H and O–H groups in total. The molecule has 170 valence electrons. The van der Waals surface area contributed by atoms with Crippen LogP contribution in [0.15, 0.2) is 42.9 Å². The van der Waals surface area contributed by atoms with E-state index in [0.29, 0.717) is 30.9 Å². The lowest BCUT2D eigenvalue weighted by Crippen LogP contribution is -2.41. The van der Waals surface area contributed by atoms with E-state index < -0.39 is 22.4 Å². The number of nitrogens with one attached hydrogen (secondary N) is 1. The number of likely N-dealkylation sites (N-methyl/N-ethyl adjacent to an activating group) is 1. The minimum Gasteiger partial charge on any atom is -0.493 e. The third-order valence-electron chi connectivity index (χ3n) is 6.47. The van der Waals surface area contributed by atoms with Crippen LogP contribution >= 0.6 is 0 Å². The number of rotatable bonds is 5. The van der Waals surface area contributed by atoms with Crippen molar-refractivity contribution in [2.75, 3.05) is 19.0 Å². The number of aliphatic hydroxyl groups excluding tert-OH is 1. The van der Waals surface area contributed by atoms with Crippen LogP contribution in [-0.4, -0.2) is 62.7 Å². The summed E-state index contributed by atoms with van der Waals surface area (Å²) in [6.45, 7) is 0.618. The van der Waals surface area contributed by atoms with Crippen molar-refractivity contribution in [2.45, 2.75) is 43.5 Å². The second kappa shape index (κ2) is 8.00. The van der Waals surface area contributed by atoms with Gasteiger partial charge < -0.3 is 19.7 Å². The van der Waals surface area contributed by atoms with Gasteiger partial charge in [-0.15, -0.1) is 0 Å². The number of para-hydroxylation sites is 1. The molecule has 3 heterocycles. The molecule has 0 saturated heterocycles. The molecular weight excluding hydrogens is 434 g/mol. The third-order valence-corrected chi connectivity index (χ3v) is 7.47. The van der Waals surface area contributed by atoms with Crippen LogP contribution < -0.4 is 10.1 Å². The molecule has 1 aromatic carbocycles. The monoisotopic (exact) mass is 459 g/mol. The highest BCUT2D eigenvalue weighted by molar-refractivity contribution is 7.83. The van der Waals surface area contributed by atoms with Gasteiger partial charge in [-0.3, -0.25) is 4.55 Å². The Morgan fingerprint density at radius 3 is 2.84 bits per heavy atom. The topological polar surface area (TPSA) is 130 Å². The summed E-state index contributed by atoms with van der Waals surface area (Å²) in [7, 11) is -3.11. The number of ether oxygens (including phenoxy) is 1. The Morgan fingerprint density at radius 1 is 1.22 bits per heavy atom. The molecule has 2 aromatic heterocycles. The van der Waals surface area contributed by atoms with Gasteiger partial charge >= 0.3 is 10.3 Å². The fraction of sp³-hybridized carbons (Fsp3) is 0.429. The molecule has 0 amide bonds. The van der Waals surface area contributed by atoms with Gasteiger partial charge in [0.05, 0.1) is 30.2 Å². The number of hydrogen-bond donors (Lipinski definition) is 3. The molecule has 1 saturated carbocycles. The van der Waals surface area contributed by atoms with Gasteiger partial charge in [0.1, 0.15) is 23.5 Å². The second-order valence-corrected chi connectivity index (χ2v) is 9.78. The van der Waals surface area contributed by atoms with E-state index in [1.165, 1.54) is 13.4 Å². The largest absolute Gasteiger partial charge is 0.493 e. The fourth-order valence-electron chi connectivity index (χ4n) is 4.79. The zero-order chi connectivity index (χ0) is 22.5. The first kappa shape index (κ1) is 21.1. The lowest BCUT2D eigenvalue weighted by atomic mass is 10.0. The Balaban J connectivity index is 1.42. The van der Waals surface area contributed by atoms with Crippen LogP contribution in [0.3, 0.4) is 0 Å². The van der Waals surface area contributed by atoms with Gasteiger partial charge in [-0.1, -0.05) is 18.2 Å². The van der Waals surface area contributed by atoms with E-state index in [1.807, 2.05) is 41.1 Å². The number of fused-ring (bicyclic) bond motifs is 2. The lowest BCUT2D eigenvalue weighted by molar-refractivity contribution is 0.117. The highest BCUT2D eigenvalue weighted by atomic mass is 32.2. The van der Waals surface area contributed by atoms with Crippen molar-refractivity contribution in [3.63, 3.8) is 0 Å². The van der Waals surface area contributed by atoms with Crippen LogP contribution in [0, 0.1) is 0 Å². The number of benzene rings is 1. The van der Waals surface area contributed by atoms with Gasteiger partial charge in [-0.2, -0.15) is 12.7 Å². The third kappa shape index (κ3) is 3.71. The summed E-state index contributed by atoms with van der Waals surface area (Å²) in [4.78, 5) is 8.91. The van der Waals surface area contributed by atoms with Crippen molar-refractivity contribution >= 4 is 27.2 Å². The molecule has 2 aliphatic rings. The van der Waals surface area contributed by atoms with E-state index >= 15 is 0 Å². The lowest BCUT2D eigenvalue weighted by Gasteiger charge is -2.27. The van der Waals surface area contributed by atoms with Crippen molar-refractivity contribution in [1.29, 1.82) is 0 Å². The van der Waals surface area contributed by atoms with E-state index in [0.717, 1.165) is 27.4 Å². The van der Waals surface area contributed by atoms with Gasteiger partial charge in [0.15, 0.2) is 0 Å². The Labute approximate surface area is 185 Å². The molecule has 3 aromatic rings. The number of anilines is 1. The molecule has 1 fully saturated rings. The molecule has 0 radical (unpaired) electrons. The van der Waals surface area contributed by atoms with E-state index in [-0.39, 0.29) is 12.1 Å². The Kier molecular flexibility index (Phi) is 5.28. The number of aromatic nitrogens is 3. The van der Waals surface area contributed by atoms with Crippen molar-refractivity contribution in [3.8, 4) is 5.75 Å². The second-order valence-electron chi connectivity index (χ2n) is 8.31. The normalized spacial score (nSPS) is 25.6. The molecule has 11 heteroatoms. The molecule has 1 aliphatic carbocycles. The zero-order valence-electron chi connectivity index (χ0n) is 17.5. The molecule has 4 atom stereocenters. The van der Waals surface area contributed by atoms with Gasteiger partial charge in [0.25, 0.3) is 0 Å². The molecule has 1 aliphatic heterocycles. The SMILES string of the molecule is CN([C@H]1C[C@@H](n2ccc3c(N[C@H]4CCOc5ccccc54)ncnc32)C[C@@H]1O)S(=O)(=O)O. The first-order valence-electron chi connectivity index (χ1n) is 10.5. The standard InChI is InChI=1S/C21H25N5O5S/c1-25(32(28,29)30)17-10-13(11-18(17)27)26-8-6-15-20(22-12-23-21(15)26)24-16-7-9-31-19-5-3-2-4-14(16)19/h2-6,8,12-13,16-18,27H,7,9-11H2,1H3,(H,22,23,24)(H,28,29,30)/t13-,16+,17+,18+/m1/s1. The Morgan fingerprint density at radius 2 is 2.03 bits per heavy atom. The van der Waals surface area contributed by atoms with Crippen LogP contribution in [-0.2, 0) is 10.3 Å². The molecule has 10 nitrogen and oxygen atoms in total. The highest BCUT2D eigenvalue weighted by Gasteiger charge is 2.40. The molecular formula is C21H25N5O5S. The van der Waals surface area contributed by atoms with Crippen LogP contribution in [0.1, 0.15) is 36.9 Å². The summed E-state index contributed by atoms with van der Waals surface area (Å²) in [5.41, 5.74) is 1.79. The maximum Gasteiger partial charge on any atom is 0.335 e. The quantitative estimate of drug-likeness (QED) is 0.495. The van der Waals surface area contributed by atoms with Crippen LogP contribution in [0.4, 0.5) is 5.82 Å². The predicted octanol–water partition coefficient (Wildman–Crippen LogP) is 2.17. The zero-order valence-corrected chi connectivity index (χ0v) is 18.3. The number of nitrogens with zero attached hydrogens (tertiary/aromatic N) is 4. The summed E-state index contributed by atoms with van der Waals surface area (Å²) in [6, 6.07) is 9.06. The van der Waals surface area contributed by atoms with Crippen molar-refractivity contribution in [1.82, 2.24) is 18.8 Å². The summed E-state index contributed by atoms with van der Waals surface area (Å²) in [5, 5.41) is 14.8. The van der Waals surface area contributed by atoms with Crippen molar-refractivity contribution in [2.24, 2.45) is 0 Å². The van der Waals surface area contributed by atoms with E-state index in [4.69, 9.17) is 4.74 Å². The molecule has 0 unspecified atom stereocenters. The van der Waals surface area contributed by atoms with Gasteiger partial charge in [-0.05, 0) is 25.0 Å². The average molecular weight is 460 g/mol. The Bertz CT molecular complexity index is 1250. The van der Waals surface area contributed by atoms with Crippen LogP contribution in [0.2, 0.25) is 0 Å². The smallest absolute Gasteiger partial charge is 0.335 e. The number of hydrogen-bond acceptors (Lipinski definition) is 7. The maximum atomic E-state index is 11.5. The summed E-state index contributed by atoms with van der Waals surface area (Å²) >= 11 is 0. The van der Waals surface area contributed by atoms with E-state index in [9.17, 15) is 18.1 Å². The Hall–Kier alpha value is -2.73. The van der Waals surface area contributed by atoms with Crippen LogP contribution in [0.5, 0.6) is 5.75 Å². The van der Waals surface area contributed by atoms with E-state index in [1.54, 1.807) is 0 Å².